The van der Waals surface area contributed by atoms with Crippen molar-refractivity contribution in [1.82, 2.24) is 20.1 Å². The van der Waals surface area contributed by atoms with Gasteiger partial charge >= 0.3 is 0 Å². The zero-order valence-corrected chi connectivity index (χ0v) is 18.5. The van der Waals surface area contributed by atoms with Crippen molar-refractivity contribution in [2.24, 2.45) is 0 Å². The molecule has 1 N–H and O–H groups in total. The first kappa shape index (κ1) is 22.2. The Labute approximate surface area is 182 Å². The molecule has 1 aliphatic heterocycles. The van der Waals surface area contributed by atoms with Gasteiger partial charge in [0.25, 0.3) is 5.91 Å². The molecule has 8 heteroatoms. The Hall–Kier alpha value is -2.45. The zero-order valence-electron chi connectivity index (χ0n) is 17.7. The van der Waals surface area contributed by atoms with Crippen molar-refractivity contribution in [3.63, 3.8) is 0 Å². The SMILES string of the molecule is CCCCNC(=O)CN1CCN(C(=O)c2csc(COc3ccc(C)cc3)n2)CC1. The lowest BCUT2D eigenvalue weighted by Crippen LogP contribution is -2.51. The fourth-order valence-electron chi connectivity index (χ4n) is 3.19. The predicted octanol–water partition coefficient (Wildman–Crippen LogP) is 2.70. The summed E-state index contributed by atoms with van der Waals surface area (Å²) in [5, 5.41) is 5.51. The van der Waals surface area contributed by atoms with Crippen molar-refractivity contribution in [2.75, 3.05) is 39.3 Å². The van der Waals surface area contributed by atoms with Crippen LogP contribution in [0, 0.1) is 6.92 Å². The molecule has 1 saturated heterocycles. The van der Waals surface area contributed by atoms with Gasteiger partial charge < -0.3 is 15.0 Å². The van der Waals surface area contributed by atoms with Crippen LogP contribution in [0.1, 0.15) is 40.8 Å². The number of carbonyl (C=O) groups excluding carboxylic acids is 2. The molecule has 0 bridgehead atoms. The van der Waals surface area contributed by atoms with Gasteiger partial charge in [0.1, 0.15) is 23.1 Å². The molecule has 2 aromatic rings. The van der Waals surface area contributed by atoms with E-state index >= 15 is 0 Å². The minimum atomic E-state index is -0.0557. The summed E-state index contributed by atoms with van der Waals surface area (Å²) < 4.78 is 5.75. The molecule has 0 spiro atoms. The summed E-state index contributed by atoms with van der Waals surface area (Å²) in [6.07, 6.45) is 2.07. The summed E-state index contributed by atoms with van der Waals surface area (Å²) in [6.45, 7) is 8.20. The van der Waals surface area contributed by atoms with Gasteiger partial charge in [-0.15, -0.1) is 11.3 Å². The summed E-state index contributed by atoms with van der Waals surface area (Å²) in [4.78, 5) is 33.1. The van der Waals surface area contributed by atoms with E-state index in [1.807, 2.05) is 36.1 Å². The van der Waals surface area contributed by atoms with E-state index in [4.69, 9.17) is 4.74 Å². The molecule has 0 atom stereocenters. The lowest BCUT2D eigenvalue weighted by molar-refractivity contribution is -0.122. The number of ether oxygens (including phenoxy) is 1. The van der Waals surface area contributed by atoms with Gasteiger partial charge in [0.15, 0.2) is 0 Å². The van der Waals surface area contributed by atoms with E-state index in [9.17, 15) is 9.59 Å². The fourth-order valence-corrected chi connectivity index (χ4v) is 3.87. The standard InChI is InChI=1S/C22H30N4O3S/c1-3-4-9-23-20(27)14-25-10-12-26(13-11-25)22(28)19-16-30-21(24-19)15-29-18-7-5-17(2)6-8-18/h5-8,16H,3-4,9-15H2,1-2H3,(H,23,27). The van der Waals surface area contributed by atoms with Gasteiger partial charge in [-0.2, -0.15) is 0 Å². The van der Waals surface area contributed by atoms with Crippen LogP contribution in [0.25, 0.3) is 0 Å². The molecule has 3 rings (SSSR count). The van der Waals surface area contributed by atoms with Crippen LogP contribution < -0.4 is 10.1 Å². The highest BCUT2D eigenvalue weighted by Gasteiger charge is 2.24. The van der Waals surface area contributed by atoms with Crippen LogP contribution in [0.5, 0.6) is 5.75 Å². The predicted molar refractivity (Wildman–Crippen MR) is 118 cm³/mol. The first-order valence-corrected chi connectivity index (χ1v) is 11.4. The Morgan fingerprint density at radius 2 is 1.90 bits per heavy atom. The Morgan fingerprint density at radius 1 is 1.17 bits per heavy atom. The minimum Gasteiger partial charge on any atom is -0.486 e. The molecule has 1 fully saturated rings. The molecular formula is C22H30N4O3S. The number of amides is 2. The second kappa shape index (κ2) is 11.1. The van der Waals surface area contributed by atoms with Gasteiger partial charge in [0.2, 0.25) is 5.91 Å². The highest BCUT2D eigenvalue weighted by atomic mass is 32.1. The number of unbranched alkanes of at least 4 members (excludes halogenated alkanes) is 1. The van der Waals surface area contributed by atoms with Crippen LogP contribution in [0.4, 0.5) is 0 Å². The first-order chi connectivity index (χ1) is 14.5. The molecule has 7 nitrogen and oxygen atoms in total. The minimum absolute atomic E-state index is 0.0557. The maximum Gasteiger partial charge on any atom is 0.273 e. The number of hydrogen-bond donors (Lipinski definition) is 1. The molecular weight excluding hydrogens is 400 g/mol. The molecule has 0 unspecified atom stereocenters. The molecule has 0 radical (unpaired) electrons. The Morgan fingerprint density at radius 3 is 2.60 bits per heavy atom. The van der Waals surface area contributed by atoms with Crippen molar-refractivity contribution in [1.29, 1.82) is 0 Å². The average molecular weight is 431 g/mol. The molecule has 1 aromatic heterocycles. The molecule has 1 aromatic carbocycles. The van der Waals surface area contributed by atoms with E-state index in [1.165, 1.54) is 16.9 Å². The summed E-state index contributed by atoms with van der Waals surface area (Å²) in [5.41, 5.74) is 1.65. The summed E-state index contributed by atoms with van der Waals surface area (Å²) in [7, 11) is 0. The number of aryl methyl sites for hydroxylation is 1. The van der Waals surface area contributed by atoms with E-state index in [0.29, 0.717) is 45.0 Å². The summed E-state index contributed by atoms with van der Waals surface area (Å²) in [5.74, 6) is 0.791. The van der Waals surface area contributed by atoms with Crippen molar-refractivity contribution in [3.05, 3.63) is 45.9 Å². The van der Waals surface area contributed by atoms with Gasteiger partial charge in [-0.1, -0.05) is 31.0 Å². The number of aromatic nitrogens is 1. The average Bonchev–Trinajstić information content (AvgIpc) is 3.23. The molecule has 1 aliphatic rings. The highest BCUT2D eigenvalue weighted by molar-refractivity contribution is 7.09. The van der Waals surface area contributed by atoms with E-state index in [-0.39, 0.29) is 11.8 Å². The second-order valence-electron chi connectivity index (χ2n) is 7.50. The number of benzene rings is 1. The molecule has 162 valence electrons. The van der Waals surface area contributed by atoms with Crippen LogP contribution in [-0.4, -0.2) is 65.9 Å². The quantitative estimate of drug-likeness (QED) is 0.619. The smallest absolute Gasteiger partial charge is 0.273 e. The molecule has 0 saturated carbocycles. The Bertz CT molecular complexity index is 829. The van der Waals surface area contributed by atoms with Crippen molar-refractivity contribution in [2.45, 2.75) is 33.3 Å². The largest absolute Gasteiger partial charge is 0.486 e. The monoisotopic (exact) mass is 430 g/mol. The Balaban J connectivity index is 1.43. The van der Waals surface area contributed by atoms with Crippen molar-refractivity contribution in [3.8, 4) is 5.75 Å². The van der Waals surface area contributed by atoms with Crippen LogP contribution in [0.15, 0.2) is 29.6 Å². The number of thiazole rings is 1. The topological polar surface area (TPSA) is 74.8 Å². The summed E-state index contributed by atoms with van der Waals surface area (Å²) in [6, 6.07) is 7.86. The third-order valence-corrected chi connectivity index (χ3v) is 5.86. The van der Waals surface area contributed by atoms with Gasteiger partial charge in [-0.25, -0.2) is 4.98 Å². The number of piperazine rings is 1. The third-order valence-electron chi connectivity index (χ3n) is 5.03. The van der Waals surface area contributed by atoms with Gasteiger partial charge in [0, 0.05) is 38.1 Å². The van der Waals surface area contributed by atoms with E-state index in [2.05, 4.69) is 22.1 Å². The summed E-state index contributed by atoms with van der Waals surface area (Å²) >= 11 is 1.44. The maximum absolute atomic E-state index is 12.8. The fraction of sp³-hybridized carbons (Fsp3) is 0.500. The highest BCUT2D eigenvalue weighted by Crippen LogP contribution is 2.17. The maximum atomic E-state index is 12.8. The molecule has 30 heavy (non-hydrogen) atoms. The number of rotatable bonds is 9. The number of hydrogen-bond acceptors (Lipinski definition) is 6. The second-order valence-corrected chi connectivity index (χ2v) is 8.44. The van der Waals surface area contributed by atoms with Crippen molar-refractivity contribution >= 4 is 23.2 Å². The number of nitrogens with one attached hydrogen (secondary N) is 1. The molecule has 2 heterocycles. The molecule has 2 amide bonds. The van der Waals surface area contributed by atoms with E-state index < -0.39 is 0 Å². The molecule has 0 aliphatic carbocycles. The van der Waals surface area contributed by atoms with Crippen LogP contribution in [-0.2, 0) is 11.4 Å². The van der Waals surface area contributed by atoms with E-state index in [1.54, 1.807) is 5.38 Å². The number of carbonyl (C=O) groups is 2. The zero-order chi connectivity index (χ0) is 21.3. The van der Waals surface area contributed by atoms with Crippen LogP contribution >= 0.6 is 11.3 Å². The van der Waals surface area contributed by atoms with Crippen molar-refractivity contribution < 1.29 is 14.3 Å². The third kappa shape index (κ3) is 6.53. The normalized spacial score (nSPS) is 14.5. The van der Waals surface area contributed by atoms with Crippen LogP contribution in [0.3, 0.4) is 0 Å². The lowest BCUT2D eigenvalue weighted by atomic mass is 10.2. The van der Waals surface area contributed by atoms with Crippen LogP contribution in [0.2, 0.25) is 0 Å². The number of nitrogens with zero attached hydrogens (tertiary/aromatic N) is 3. The lowest BCUT2D eigenvalue weighted by Gasteiger charge is -2.33. The van der Waals surface area contributed by atoms with Gasteiger partial charge in [-0.3, -0.25) is 14.5 Å². The van der Waals surface area contributed by atoms with Gasteiger partial charge in [0.05, 0.1) is 6.54 Å². The Kier molecular flexibility index (Phi) is 8.21. The van der Waals surface area contributed by atoms with Gasteiger partial charge in [-0.05, 0) is 25.5 Å². The first-order valence-electron chi connectivity index (χ1n) is 10.5. The van der Waals surface area contributed by atoms with E-state index in [0.717, 1.165) is 30.1 Å².